The predicted molar refractivity (Wildman–Crippen MR) is 95.8 cm³/mol. The van der Waals surface area contributed by atoms with Crippen molar-refractivity contribution in [1.29, 1.82) is 0 Å². The van der Waals surface area contributed by atoms with Crippen molar-refractivity contribution in [1.82, 2.24) is 14.9 Å². The Kier molecular flexibility index (Phi) is 4.92. The average Bonchev–Trinajstić information content (AvgIpc) is 2.63. The van der Waals surface area contributed by atoms with Crippen LogP contribution in [0, 0.1) is 13.8 Å². The number of benzene rings is 1. The van der Waals surface area contributed by atoms with Crippen LogP contribution in [0.15, 0.2) is 30.3 Å². The molecule has 1 saturated heterocycles. The van der Waals surface area contributed by atoms with Gasteiger partial charge in [-0.1, -0.05) is 18.2 Å². The third kappa shape index (κ3) is 3.93. The number of amides is 2. The zero-order chi connectivity index (χ0) is 17.8. The second kappa shape index (κ2) is 7.29. The standard InChI is InChI=1S/C18H21N5O2/c1-13-5-3-4-6-15(13)20-17(25)16-11-14(2)19-18(21-16)23-9-7-22(12-24)8-10-23/h3-6,11-12H,7-10H2,1-2H3,(H,20,25). The quantitative estimate of drug-likeness (QED) is 0.857. The summed E-state index contributed by atoms with van der Waals surface area (Å²) in [6.45, 7) is 6.36. The first-order chi connectivity index (χ1) is 12.1. The lowest BCUT2D eigenvalue weighted by atomic mass is 10.2. The number of hydrogen-bond donors (Lipinski definition) is 1. The molecule has 130 valence electrons. The van der Waals surface area contributed by atoms with E-state index >= 15 is 0 Å². The molecule has 2 aromatic rings. The van der Waals surface area contributed by atoms with Gasteiger partial charge in [0.15, 0.2) is 0 Å². The summed E-state index contributed by atoms with van der Waals surface area (Å²) in [5.74, 6) is 0.271. The monoisotopic (exact) mass is 339 g/mol. The molecule has 1 aliphatic heterocycles. The van der Waals surface area contributed by atoms with E-state index in [2.05, 4.69) is 15.3 Å². The first-order valence-corrected chi connectivity index (χ1v) is 8.24. The van der Waals surface area contributed by atoms with Crippen LogP contribution < -0.4 is 10.2 Å². The van der Waals surface area contributed by atoms with Gasteiger partial charge in [0.05, 0.1) is 0 Å². The summed E-state index contributed by atoms with van der Waals surface area (Å²) in [6.07, 6.45) is 0.857. The molecule has 1 aromatic heterocycles. The smallest absolute Gasteiger partial charge is 0.274 e. The van der Waals surface area contributed by atoms with Crippen molar-refractivity contribution in [2.45, 2.75) is 13.8 Å². The number of anilines is 2. The van der Waals surface area contributed by atoms with Gasteiger partial charge in [0.2, 0.25) is 12.4 Å². The van der Waals surface area contributed by atoms with Crippen LogP contribution in [0.2, 0.25) is 0 Å². The molecular formula is C18H21N5O2. The molecule has 0 unspecified atom stereocenters. The molecular weight excluding hydrogens is 318 g/mol. The summed E-state index contributed by atoms with van der Waals surface area (Å²) in [4.78, 5) is 36.0. The Hall–Kier alpha value is -2.96. The Labute approximate surface area is 146 Å². The van der Waals surface area contributed by atoms with Crippen molar-refractivity contribution in [3.63, 3.8) is 0 Å². The topological polar surface area (TPSA) is 78.4 Å². The zero-order valence-electron chi connectivity index (χ0n) is 14.4. The highest BCUT2D eigenvalue weighted by Crippen LogP contribution is 2.16. The number of hydrogen-bond acceptors (Lipinski definition) is 5. The maximum atomic E-state index is 12.6. The molecule has 2 amide bonds. The van der Waals surface area contributed by atoms with Gasteiger partial charge in [0.1, 0.15) is 5.69 Å². The minimum absolute atomic E-state index is 0.257. The van der Waals surface area contributed by atoms with E-state index in [0.29, 0.717) is 37.8 Å². The van der Waals surface area contributed by atoms with Crippen LogP contribution in [0.5, 0.6) is 0 Å². The van der Waals surface area contributed by atoms with Gasteiger partial charge in [0, 0.05) is 37.6 Å². The van der Waals surface area contributed by atoms with Crippen LogP contribution in [0.25, 0.3) is 0 Å². The molecule has 3 rings (SSSR count). The Bertz CT molecular complexity index is 785. The van der Waals surface area contributed by atoms with E-state index in [1.165, 1.54) is 0 Å². The minimum atomic E-state index is -0.257. The van der Waals surface area contributed by atoms with E-state index in [1.807, 2.05) is 43.0 Å². The fourth-order valence-electron chi connectivity index (χ4n) is 2.74. The van der Waals surface area contributed by atoms with Crippen molar-refractivity contribution in [3.05, 3.63) is 47.3 Å². The number of para-hydroxylation sites is 1. The first kappa shape index (κ1) is 16.9. The van der Waals surface area contributed by atoms with E-state index < -0.39 is 0 Å². The average molecular weight is 339 g/mol. The second-order valence-corrected chi connectivity index (χ2v) is 6.09. The number of nitrogens with zero attached hydrogens (tertiary/aromatic N) is 4. The second-order valence-electron chi connectivity index (χ2n) is 6.09. The summed E-state index contributed by atoms with van der Waals surface area (Å²) >= 11 is 0. The third-order valence-electron chi connectivity index (χ3n) is 4.21. The Balaban J connectivity index is 1.78. The van der Waals surface area contributed by atoms with E-state index in [-0.39, 0.29) is 5.91 Å². The molecule has 25 heavy (non-hydrogen) atoms. The Morgan fingerprint density at radius 3 is 2.52 bits per heavy atom. The summed E-state index contributed by atoms with van der Waals surface area (Å²) in [5.41, 5.74) is 2.83. The van der Waals surface area contributed by atoms with Crippen molar-refractivity contribution in [2.75, 3.05) is 36.4 Å². The molecule has 1 aromatic carbocycles. The lowest BCUT2D eigenvalue weighted by molar-refractivity contribution is -0.118. The van der Waals surface area contributed by atoms with Crippen LogP contribution in [0.4, 0.5) is 11.6 Å². The maximum Gasteiger partial charge on any atom is 0.274 e. The predicted octanol–water partition coefficient (Wildman–Crippen LogP) is 1.62. The Morgan fingerprint density at radius 1 is 1.12 bits per heavy atom. The third-order valence-corrected chi connectivity index (χ3v) is 4.21. The fourth-order valence-corrected chi connectivity index (χ4v) is 2.74. The molecule has 0 radical (unpaired) electrons. The number of aryl methyl sites for hydroxylation is 2. The van der Waals surface area contributed by atoms with E-state index in [1.54, 1.807) is 11.0 Å². The van der Waals surface area contributed by atoms with Gasteiger partial charge in [-0.15, -0.1) is 0 Å². The lowest BCUT2D eigenvalue weighted by Crippen LogP contribution is -2.46. The van der Waals surface area contributed by atoms with E-state index in [9.17, 15) is 9.59 Å². The van der Waals surface area contributed by atoms with Crippen molar-refractivity contribution >= 4 is 24.0 Å². The Morgan fingerprint density at radius 2 is 1.84 bits per heavy atom. The highest BCUT2D eigenvalue weighted by molar-refractivity contribution is 6.03. The molecule has 0 aliphatic carbocycles. The number of carbonyl (C=O) groups is 2. The van der Waals surface area contributed by atoms with Crippen molar-refractivity contribution in [3.8, 4) is 0 Å². The zero-order valence-corrected chi connectivity index (χ0v) is 14.4. The molecule has 0 saturated carbocycles. The summed E-state index contributed by atoms with van der Waals surface area (Å²) < 4.78 is 0. The van der Waals surface area contributed by atoms with Gasteiger partial charge in [-0.2, -0.15) is 0 Å². The number of piperazine rings is 1. The van der Waals surface area contributed by atoms with Crippen molar-refractivity contribution in [2.24, 2.45) is 0 Å². The normalized spacial score (nSPS) is 14.3. The summed E-state index contributed by atoms with van der Waals surface area (Å²) in [7, 11) is 0. The van der Waals surface area contributed by atoms with Gasteiger partial charge < -0.3 is 15.1 Å². The molecule has 7 heteroatoms. The summed E-state index contributed by atoms with van der Waals surface area (Å²) in [5, 5.41) is 2.90. The molecule has 1 N–H and O–H groups in total. The van der Waals surface area contributed by atoms with E-state index in [4.69, 9.17) is 0 Å². The van der Waals surface area contributed by atoms with Crippen molar-refractivity contribution < 1.29 is 9.59 Å². The first-order valence-electron chi connectivity index (χ1n) is 8.24. The van der Waals surface area contributed by atoms with Gasteiger partial charge in [-0.05, 0) is 31.5 Å². The molecule has 0 bridgehead atoms. The van der Waals surface area contributed by atoms with Gasteiger partial charge in [-0.25, -0.2) is 9.97 Å². The van der Waals surface area contributed by atoms with E-state index in [0.717, 1.165) is 23.4 Å². The number of aromatic nitrogens is 2. The van der Waals surface area contributed by atoms with Gasteiger partial charge in [0.25, 0.3) is 5.91 Å². The number of rotatable bonds is 4. The van der Waals surface area contributed by atoms with Crippen LogP contribution in [0.1, 0.15) is 21.7 Å². The van der Waals surface area contributed by atoms with Gasteiger partial charge in [-0.3, -0.25) is 9.59 Å². The van der Waals surface area contributed by atoms with Crippen LogP contribution in [-0.4, -0.2) is 53.4 Å². The number of carbonyl (C=O) groups excluding carboxylic acids is 2. The minimum Gasteiger partial charge on any atom is -0.342 e. The molecule has 0 spiro atoms. The summed E-state index contributed by atoms with van der Waals surface area (Å²) in [6, 6.07) is 9.29. The highest BCUT2D eigenvalue weighted by Gasteiger charge is 2.20. The van der Waals surface area contributed by atoms with Crippen LogP contribution >= 0.6 is 0 Å². The molecule has 0 atom stereocenters. The van der Waals surface area contributed by atoms with Crippen LogP contribution in [-0.2, 0) is 4.79 Å². The highest BCUT2D eigenvalue weighted by atomic mass is 16.2. The molecule has 1 aliphatic rings. The van der Waals surface area contributed by atoms with Crippen LogP contribution in [0.3, 0.4) is 0 Å². The van der Waals surface area contributed by atoms with Gasteiger partial charge >= 0.3 is 0 Å². The number of nitrogens with one attached hydrogen (secondary N) is 1. The SMILES string of the molecule is Cc1cc(C(=O)Nc2ccccc2C)nc(N2CCN(C=O)CC2)n1. The maximum absolute atomic E-state index is 12.6. The lowest BCUT2D eigenvalue weighted by Gasteiger charge is -2.32. The molecule has 2 heterocycles. The molecule has 7 nitrogen and oxygen atoms in total. The largest absolute Gasteiger partial charge is 0.342 e. The molecule has 1 fully saturated rings. The fraction of sp³-hybridized carbons (Fsp3) is 0.333.